The predicted molar refractivity (Wildman–Crippen MR) is 95.7 cm³/mol. The first-order chi connectivity index (χ1) is 11.3. The quantitative estimate of drug-likeness (QED) is 0.799. The summed E-state index contributed by atoms with van der Waals surface area (Å²) in [7, 11) is 0.820. The van der Waals surface area contributed by atoms with Crippen molar-refractivity contribution in [1.82, 2.24) is 0 Å². The molecule has 0 aromatic heterocycles. The van der Waals surface area contributed by atoms with Crippen molar-refractivity contribution in [3.8, 4) is 11.5 Å². The van der Waals surface area contributed by atoms with Crippen LogP contribution in [0.1, 0.15) is 25.3 Å². The van der Waals surface area contributed by atoms with Crippen LogP contribution in [0.15, 0.2) is 47.4 Å². The maximum atomic E-state index is 13.1. The van der Waals surface area contributed by atoms with Crippen molar-refractivity contribution in [3.05, 3.63) is 48.0 Å². The van der Waals surface area contributed by atoms with Crippen LogP contribution >= 0.6 is 0 Å². The van der Waals surface area contributed by atoms with Crippen LogP contribution in [0.4, 0.5) is 5.69 Å². The average molecular weight is 349 g/mol. The fourth-order valence-corrected chi connectivity index (χ4v) is 3.72. The highest BCUT2D eigenvalue weighted by Gasteiger charge is 2.26. The zero-order valence-electron chi connectivity index (χ0n) is 14.6. The van der Waals surface area contributed by atoms with Crippen LogP contribution in [0.25, 0.3) is 0 Å². The van der Waals surface area contributed by atoms with Crippen LogP contribution in [0.5, 0.6) is 11.5 Å². The van der Waals surface area contributed by atoms with Crippen molar-refractivity contribution in [2.45, 2.75) is 24.7 Å². The summed E-state index contributed by atoms with van der Waals surface area (Å²) in [5.74, 6) is 1.22. The van der Waals surface area contributed by atoms with Gasteiger partial charge in [0, 0.05) is 7.05 Å². The minimum Gasteiger partial charge on any atom is -0.497 e. The van der Waals surface area contributed by atoms with E-state index in [-0.39, 0.29) is 10.8 Å². The summed E-state index contributed by atoms with van der Waals surface area (Å²) >= 11 is 0. The van der Waals surface area contributed by atoms with Crippen molar-refractivity contribution in [2.24, 2.45) is 0 Å². The van der Waals surface area contributed by atoms with Gasteiger partial charge in [0.1, 0.15) is 16.4 Å². The molecule has 0 amide bonds. The van der Waals surface area contributed by atoms with Gasteiger partial charge in [0.2, 0.25) is 0 Å². The number of hydrogen-bond donors (Lipinski definition) is 0. The molecule has 0 bridgehead atoms. The molecular weight excluding hydrogens is 326 g/mol. The smallest absolute Gasteiger partial charge is 0.267 e. The van der Waals surface area contributed by atoms with Gasteiger partial charge >= 0.3 is 0 Å². The molecule has 5 nitrogen and oxygen atoms in total. The number of nitrogens with zero attached hydrogens (tertiary/aromatic N) is 1. The average Bonchev–Trinajstić information content (AvgIpc) is 2.60. The third-order valence-corrected chi connectivity index (χ3v) is 5.74. The summed E-state index contributed by atoms with van der Waals surface area (Å²) in [5.41, 5.74) is 1.49. The maximum Gasteiger partial charge on any atom is 0.267 e. The number of sulfonamides is 1. The fourth-order valence-electron chi connectivity index (χ4n) is 2.33. The standard InChI is InChI=1S/C18H23NO4S/c1-13(2)14-6-11-17(23-5)18(12-14)24(20,21)19(3)15-7-9-16(22-4)10-8-15/h6-13H,1-5H3. The summed E-state index contributed by atoms with van der Waals surface area (Å²) in [6.45, 7) is 4.04. The van der Waals surface area contributed by atoms with Gasteiger partial charge in [-0.1, -0.05) is 19.9 Å². The Kier molecular flexibility index (Phi) is 5.39. The number of anilines is 1. The first-order valence-corrected chi connectivity index (χ1v) is 9.06. The van der Waals surface area contributed by atoms with Gasteiger partial charge in [0.05, 0.1) is 19.9 Å². The van der Waals surface area contributed by atoms with Gasteiger partial charge in [-0.15, -0.1) is 0 Å². The van der Waals surface area contributed by atoms with E-state index in [2.05, 4.69) is 0 Å². The Hall–Kier alpha value is -2.21. The normalized spacial score (nSPS) is 11.4. The van der Waals surface area contributed by atoms with Crippen LogP contribution in [0.2, 0.25) is 0 Å². The van der Waals surface area contributed by atoms with Crippen molar-refractivity contribution in [3.63, 3.8) is 0 Å². The molecule has 0 unspecified atom stereocenters. The highest BCUT2D eigenvalue weighted by Crippen LogP contribution is 2.32. The summed E-state index contributed by atoms with van der Waals surface area (Å²) in [6, 6.07) is 12.1. The Balaban J connectivity index is 2.50. The Labute approximate surface area is 143 Å². The van der Waals surface area contributed by atoms with Gasteiger partial charge in [-0.3, -0.25) is 4.31 Å². The number of rotatable bonds is 6. The minimum atomic E-state index is -3.74. The molecule has 0 fully saturated rings. The lowest BCUT2D eigenvalue weighted by atomic mass is 10.0. The molecule has 0 saturated heterocycles. The summed E-state index contributed by atoms with van der Waals surface area (Å²) in [5, 5.41) is 0. The molecule has 24 heavy (non-hydrogen) atoms. The van der Waals surface area contributed by atoms with E-state index >= 15 is 0 Å². The van der Waals surface area contributed by atoms with Gasteiger partial charge in [-0.25, -0.2) is 8.42 Å². The predicted octanol–water partition coefficient (Wildman–Crippen LogP) is 3.65. The molecule has 0 atom stereocenters. The summed E-state index contributed by atoms with van der Waals surface area (Å²) in [4.78, 5) is 0.162. The molecular formula is C18H23NO4S. The summed E-state index contributed by atoms with van der Waals surface area (Å²) < 4.78 is 37.7. The molecule has 2 aromatic carbocycles. The van der Waals surface area contributed by atoms with Crippen molar-refractivity contribution in [1.29, 1.82) is 0 Å². The van der Waals surface area contributed by atoms with Crippen LogP contribution in [0.3, 0.4) is 0 Å². The highest BCUT2D eigenvalue weighted by molar-refractivity contribution is 7.92. The van der Waals surface area contributed by atoms with E-state index in [1.807, 2.05) is 19.9 Å². The van der Waals surface area contributed by atoms with E-state index in [1.165, 1.54) is 18.5 Å². The van der Waals surface area contributed by atoms with Crippen LogP contribution in [-0.4, -0.2) is 29.7 Å². The van der Waals surface area contributed by atoms with E-state index in [1.54, 1.807) is 43.5 Å². The van der Waals surface area contributed by atoms with Gasteiger partial charge in [0.25, 0.3) is 10.0 Å². The van der Waals surface area contributed by atoms with Gasteiger partial charge < -0.3 is 9.47 Å². The second-order valence-electron chi connectivity index (χ2n) is 5.74. The van der Waals surface area contributed by atoms with E-state index < -0.39 is 10.0 Å². The van der Waals surface area contributed by atoms with Crippen LogP contribution < -0.4 is 13.8 Å². The Bertz CT molecular complexity index is 798. The second-order valence-corrected chi connectivity index (χ2v) is 7.67. The molecule has 0 radical (unpaired) electrons. The van der Waals surface area contributed by atoms with Gasteiger partial charge in [0.15, 0.2) is 0 Å². The first-order valence-electron chi connectivity index (χ1n) is 7.62. The van der Waals surface area contributed by atoms with Gasteiger partial charge in [-0.05, 0) is 47.9 Å². The first kappa shape index (κ1) is 18.1. The van der Waals surface area contributed by atoms with Crippen LogP contribution in [0, 0.1) is 0 Å². The zero-order chi connectivity index (χ0) is 17.9. The summed E-state index contributed by atoms with van der Waals surface area (Å²) in [6.07, 6.45) is 0. The van der Waals surface area contributed by atoms with E-state index in [0.717, 1.165) is 5.56 Å². The van der Waals surface area contributed by atoms with Crippen LogP contribution in [-0.2, 0) is 10.0 Å². The molecule has 0 aliphatic rings. The Morgan fingerprint density at radius 2 is 1.58 bits per heavy atom. The van der Waals surface area contributed by atoms with Crippen molar-refractivity contribution >= 4 is 15.7 Å². The molecule has 0 aliphatic carbocycles. The van der Waals surface area contributed by atoms with E-state index in [4.69, 9.17) is 9.47 Å². The van der Waals surface area contributed by atoms with Gasteiger partial charge in [-0.2, -0.15) is 0 Å². The molecule has 6 heteroatoms. The molecule has 0 heterocycles. The SMILES string of the molecule is COc1ccc(N(C)S(=O)(=O)c2cc(C(C)C)ccc2OC)cc1. The van der Waals surface area contributed by atoms with Crippen molar-refractivity contribution in [2.75, 3.05) is 25.6 Å². The molecule has 130 valence electrons. The molecule has 2 rings (SSSR count). The number of hydrogen-bond acceptors (Lipinski definition) is 4. The Morgan fingerprint density at radius 1 is 0.958 bits per heavy atom. The topological polar surface area (TPSA) is 55.8 Å². The third-order valence-electron chi connectivity index (χ3n) is 3.93. The van der Waals surface area contributed by atoms with E-state index in [0.29, 0.717) is 17.2 Å². The molecule has 0 spiro atoms. The fraction of sp³-hybridized carbons (Fsp3) is 0.333. The Morgan fingerprint density at radius 3 is 2.08 bits per heavy atom. The van der Waals surface area contributed by atoms with Crippen molar-refractivity contribution < 1.29 is 17.9 Å². The second kappa shape index (κ2) is 7.13. The molecule has 0 aliphatic heterocycles. The van der Waals surface area contributed by atoms with E-state index in [9.17, 15) is 8.42 Å². The monoisotopic (exact) mass is 349 g/mol. The number of benzene rings is 2. The molecule has 0 N–H and O–H groups in total. The highest BCUT2D eigenvalue weighted by atomic mass is 32.2. The molecule has 2 aromatic rings. The minimum absolute atomic E-state index is 0.162. The lowest BCUT2D eigenvalue weighted by Gasteiger charge is -2.22. The lowest BCUT2D eigenvalue weighted by molar-refractivity contribution is 0.402. The number of methoxy groups -OCH3 is 2. The number of ether oxygens (including phenoxy) is 2. The third kappa shape index (κ3) is 3.48. The molecule has 0 saturated carbocycles. The zero-order valence-corrected chi connectivity index (χ0v) is 15.4. The lowest BCUT2D eigenvalue weighted by Crippen LogP contribution is -2.27. The maximum absolute atomic E-state index is 13.1. The largest absolute Gasteiger partial charge is 0.497 e.